The van der Waals surface area contributed by atoms with Gasteiger partial charge in [-0.25, -0.2) is 0 Å². The highest BCUT2D eigenvalue weighted by Crippen LogP contribution is 2.15. The Bertz CT molecular complexity index is 460. The van der Waals surface area contributed by atoms with Gasteiger partial charge in [-0.2, -0.15) is 0 Å². The fourth-order valence-electron chi connectivity index (χ4n) is 1.80. The SMILES string of the molecule is CC(O)Cc1ccc(OCc2ccccc2)cc1. The molecule has 2 rings (SSSR count). The van der Waals surface area contributed by atoms with Gasteiger partial charge < -0.3 is 9.84 Å². The monoisotopic (exact) mass is 242 g/mol. The van der Waals surface area contributed by atoms with E-state index in [1.807, 2.05) is 54.6 Å². The van der Waals surface area contributed by atoms with Crippen molar-refractivity contribution in [1.29, 1.82) is 0 Å². The average Bonchev–Trinajstić information content (AvgIpc) is 2.38. The van der Waals surface area contributed by atoms with Crippen LogP contribution in [-0.2, 0) is 13.0 Å². The van der Waals surface area contributed by atoms with Crippen molar-refractivity contribution >= 4 is 0 Å². The topological polar surface area (TPSA) is 29.5 Å². The minimum absolute atomic E-state index is 0.305. The van der Waals surface area contributed by atoms with Gasteiger partial charge in [0.05, 0.1) is 6.10 Å². The number of aliphatic hydroxyl groups excluding tert-OH is 1. The lowest BCUT2D eigenvalue weighted by Crippen LogP contribution is -2.03. The molecule has 1 N–H and O–H groups in total. The minimum Gasteiger partial charge on any atom is -0.489 e. The van der Waals surface area contributed by atoms with Gasteiger partial charge in [0.2, 0.25) is 0 Å². The van der Waals surface area contributed by atoms with E-state index in [-0.39, 0.29) is 6.10 Å². The Morgan fingerprint density at radius 2 is 1.61 bits per heavy atom. The molecule has 0 aliphatic heterocycles. The van der Waals surface area contributed by atoms with Gasteiger partial charge in [-0.15, -0.1) is 0 Å². The van der Waals surface area contributed by atoms with E-state index in [9.17, 15) is 5.11 Å². The van der Waals surface area contributed by atoms with Crippen molar-refractivity contribution in [2.75, 3.05) is 0 Å². The standard InChI is InChI=1S/C16H18O2/c1-13(17)11-14-7-9-16(10-8-14)18-12-15-5-3-2-4-6-15/h2-10,13,17H,11-12H2,1H3. The van der Waals surface area contributed by atoms with Crippen LogP contribution in [0.15, 0.2) is 54.6 Å². The third-order valence-electron chi connectivity index (χ3n) is 2.70. The predicted octanol–water partition coefficient (Wildman–Crippen LogP) is 3.19. The highest BCUT2D eigenvalue weighted by Gasteiger charge is 2.00. The van der Waals surface area contributed by atoms with Crippen LogP contribution in [0.1, 0.15) is 18.1 Å². The lowest BCUT2D eigenvalue weighted by Gasteiger charge is -2.08. The number of aliphatic hydroxyl groups is 1. The first-order chi connectivity index (χ1) is 8.74. The molecule has 0 aliphatic rings. The van der Waals surface area contributed by atoms with Crippen LogP contribution in [0, 0.1) is 0 Å². The van der Waals surface area contributed by atoms with Gasteiger partial charge in [-0.05, 0) is 36.6 Å². The van der Waals surface area contributed by atoms with Crippen LogP contribution in [0.4, 0.5) is 0 Å². The van der Waals surface area contributed by atoms with E-state index >= 15 is 0 Å². The van der Waals surface area contributed by atoms with Gasteiger partial charge in [0.15, 0.2) is 0 Å². The minimum atomic E-state index is -0.305. The molecular weight excluding hydrogens is 224 g/mol. The molecule has 0 saturated carbocycles. The van der Waals surface area contributed by atoms with Crippen LogP contribution < -0.4 is 4.74 Å². The van der Waals surface area contributed by atoms with Gasteiger partial charge in [-0.1, -0.05) is 42.5 Å². The van der Waals surface area contributed by atoms with E-state index in [4.69, 9.17) is 4.74 Å². The van der Waals surface area contributed by atoms with E-state index < -0.39 is 0 Å². The zero-order chi connectivity index (χ0) is 12.8. The molecular formula is C16H18O2. The number of ether oxygens (including phenoxy) is 1. The summed E-state index contributed by atoms with van der Waals surface area (Å²) in [5, 5.41) is 9.30. The third-order valence-corrected chi connectivity index (χ3v) is 2.70. The van der Waals surface area contributed by atoms with Crippen molar-refractivity contribution in [2.45, 2.75) is 26.1 Å². The fourth-order valence-corrected chi connectivity index (χ4v) is 1.80. The number of benzene rings is 2. The molecule has 0 amide bonds. The smallest absolute Gasteiger partial charge is 0.119 e. The zero-order valence-electron chi connectivity index (χ0n) is 10.5. The summed E-state index contributed by atoms with van der Waals surface area (Å²) in [5.41, 5.74) is 2.28. The Morgan fingerprint density at radius 1 is 0.944 bits per heavy atom. The van der Waals surface area contributed by atoms with Gasteiger partial charge in [0, 0.05) is 0 Å². The Kier molecular flexibility index (Phi) is 4.37. The van der Waals surface area contributed by atoms with E-state index in [0.717, 1.165) is 16.9 Å². The second-order valence-corrected chi connectivity index (χ2v) is 4.47. The molecule has 2 aromatic carbocycles. The van der Waals surface area contributed by atoms with Crippen molar-refractivity contribution in [1.82, 2.24) is 0 Å². The summed E-state index contributed by atoms with van der Waals surface area (Å²) < 4.78 is 5.69. The first-order valence-corrected chi connectivity index (χ1v) is 6.18. The van der Waals surface area contributed by atoms with Gasteiger partial charge >= 0.3 is 0 Å². The summed E-state index contributed by atoms with van der Waals surface area (Å²) >= 11 is 0. The summed E-state index contributed by atoms with van der Waals surface area (Å²) in [6.45, 7) is 2.37. The molecule has 0 spiro atoms. The molecule has 1 atom stereocenters. The molecule has 0 heterocycles. The van der Waals surface area contributed by atoms with Crippen molar-refractivity contribution in [3.8, 4) is 5.75 Å². The molecule has 18 heavy (non-hydrogen) atoms. The average molecular weight is 242 g/mol. The summed E-state index contributed by atoms with van der Waals surface area (Å²) in [6, 6.07) is 18.0. The first kappa shape index (κ1) is 12.7. The molecule has 0 aliphatic carbocycles. The number of rotatable bonds is 5. The molecule has 2 nitrogen and oxygen atoms in total. The van der Waals surface area contributed by atoms with Crippen molar-refractivity contribution < 1.29 is 9.84 Å². The molecule has 1 unspecified atom stereocenters. The van der Waals surface area contributed by atoms with Crippen molar-refractivity contribution in [2.24, 2.45) is 0 Å². The predicted molar refractivity (Wildman–Crippen MR) is 72.6 cm³/mol. The summed E-state index contributed by atoms with van der Waals surface area (Å²) in [4.78, 5) is 0. The molecule has 94 valence electrons. The van der Waals surface area contributed by atoms with Crippen LogP contribution in [0.3, 0.4) is 0 Å². The summed E-state index contributed by atoms with van der Waals surface area (Å²) in [5.74, 6) is 0.855. The van der Waals surface area contributed by atoms with Crippen LogP contribution >= 0.6 is 0 Å². The second kappa shape index (κ2) is 6.22. The Morgan fingerprint density at radius 3 is 2.22 bits per heavy atom. The van der Waals surface area contributed by atoms with Crippen LogP contribution in [0.2, 0.25) is 0 Å². The molecule has 0 aromatic heterocycles. The maximum Gasteiger partial charge on any atom is 0.119 e. The molecule has 0 bridgehead atoms. The van der Waals surface area contributed by atoms with Crippen LogP contribution in [-0.4, -0.2) is 11.2 Å². The van der Waals surface area contributed by atoms with E-state index in [1.54, 1.807) is 6.92 Å². The van der Waals surface area contributed by atoms with Gasteiger partial charge in [0.1, 0.15) is 12.4 Å². The van der Waals surface area contributed by atoms with E-state index in [0.29, 0.717) is 13.0 Å². The highest BCUT2D eigenvalue weighted by molar-refractivity contribution is 5.28. The molecule has 0 radical (unpaired) electrons. The molecule has 2 aromatic rings. The normalized spacial score (nSPS) is 12.1. The number of hydrogen-bond acceptors (Lipinski definition) is 2. The van der Waals surface area contributed by atoms with E-state index in [2.05, 4.69) is 0 Å². The largest absolute Gasteiger partial charge is 0.489 e. The lowest BCUT2D eigenvalue weighted by atomic mass is 10.1. The second-order valence-electron chi connectivity index (χ2n) is 4.47. The maximum absolute atomic E-state index is 9.30. The zero-order valence-corrected chi connectivity index (χ0v) is 10.5. The van der Waals surface area contributed by atoms with Crippen molar-refractivity contribution in [3.05, 3.63) is 65.7 Å². The quantitative estimate of drug-likeness (QED) is 0.872. The Balaban J connectivity index is 1.90. The third kappa shape index (κ3) is 3.90. The first-order valence-electron chi connectivity index (χ1n) is 6.18. The lowest BCUT2D eigenvalue weighted by molar-refractivity contribution is 0.195. The van der Waals surface area contributed by atoms with Crippen LogP contribution in [0.25, 0.3) is 0 Å². The van der Waals surface area contributed by atoms with Gasteiger partial charge in [0.25, 0.3) is 0 Å². The highest BCUT2D eigenvalue weighted by atomic mass is 16.5. The van der Waals surface area contributed by atoms with Crippen LogP contribution in [0.5, 0.6) is 5.75 Å². The Hall–Kier alpha value is -1.80. The Labute approximate surface area is 108 Å². The van der Waals surface area contributed by atoms with E-state index in [1.165, 1.54) is 0 Å². The summed E-state index contributed by atoms with van der Waals surface area (Å²) in [6.07, 6.45) is 0.375. The summed E-state index contributed by atoms with van der Waals surface area (Å²) in [7, 11) is 0. The number of hydrogen-bond donors (Lipinski definition) is 1. The fraction of sp³-hybridized carbons (Fsp3) is 0.250. The van der Waals surface area contributed by atoms with Gasteiger partial charge in [-0.3, -0.25) is 0 Å². The molecule has 2 heteroatoms. The molecule has 0 fully saturated rings. The van der Waals surface area contributed by atoms with Crippen molar-refractivity contribution in [3.63, 3.8) is 0 Å². The maximum atomic E-state index is 9.30. The molecule has 0 saturated heterocycles.